The fourth-order valence-corrected chi connectivity index (χ4v) is 3.78. The summed E-state index contributed by atoms with van der Waals surface area (Å²) in [6.07, 6.45) is 3.83. The number of unbranched alkanes of at least 4 members (excludes halogenated alkanes) is 3. The zero-order chi connectivity index (χ0) is 16.2. The number of benzene rings is 1. The molecule has 6 heteroatoms. The van der Waals surface area contributed by atoms with Crippen LogP contribution in [0, 0.1) is 6.92 Å². The summed E-state index contributed by atoms with van der Waals surface area (Å²) in [5.74, 6) is 0.987. The minimum absolute atomic E-state index is 0.170. The third-order valence-electron chi connectivity index (χ3n) is 3.74. The Morgan fingerprint density at radius 1 is 1.18 bits per heavy atom. The molecular formula is C16H25N2O3S+. The molecule has 0 saturated carbocycles. The Balaban J connectivity index is 2.14. The molecule has 1 aromatic carbocycles. The van der Waals surface area contributed by atoms with E-state index in [0.717, 1.165) is 42.8 Å². The van der Waals surface area contributed by atoms with Crippen molar-refractivity contribution in [3.63, 3.8) is 0 Å². The van der Waals surface area contributed by atoms with Crippen molar-refractivity contribution in [3.05, 3.63) is 24.1 Å². The van der Waals surface area contributed by atoms with Gasteiger partial charge in [-0.25, -0.2) is 8.42 Å². The Hall–Kier alpha value is -1.56. The van der Waals surface area contributed by atoms with Crippen LogP contribution in [0.4, 0.5) is 5.69 Å². The van der Waals surface area contributed by atoms with E-state index in [1.165, 1.54) is 0 Å². The average Bonchev–Trinajstić information content (AvgIpc) is 2.78. The van der Waals surface area contributed by atoms with Crippen LogP contribution in [0.5, 0.6) is 0 Å². The minimum Gasteiger partial charge on any atom is -0.402 e. The van der Waals surface area contributed by atoms with Gasteiger partial charge >= 0.3 is 5.89 Å². The number of fused-ring (bicyclic) bond motifs is 1. The molecule has 22 heavy (non-hydrogen) atoms. The molecule has 2 aromatic rings. The molecule has 0 aliphatic rings. The van der Waals surface area contributed by atoms with Gasteiger partial charge in [-0.3, -0.25) is 4.72 Å². The number of oxazole rings is 1. The minimum atomic E-state index is -3.29. The topological polar surface area (TPSA) is 63.2 Å². The van der Waals surface area contributed by atoms with Gasteiger partial charge in [0.2, 0.25) is 15.6 Å². The highest BCUT2D eigenvalue weighted by atomic mass is 32.2. The first kappa shape index (κ1) is 16.8. The summed E-state index contributed by atoms with van der Waals surface area (Å²) in [6, 6.07) is 5.39. The van der Waals surface area contributed by atoms with Crippen molar-refractivity contribution in [3.8, 4) is 0 Å². The summed E-state index contributed by atoms with van der Waals surface area (Å²) in [6.45, 7) is 6.83. The van der Waals surface area contributed by atoms with E-state index in [1.54, 1.807) is 6.07 Å². The molecule has 122 valence electrons. The van der Waals surface area contributed by atoms with Crippen LogP contribution in [-0.2, 0) is 16.6 Å². The summed E-state index contributed by atoms with van der Waals surface area (Å²) in [5.41, 5.74) is 2.27. The van der Waals surface area contributed by atoms with Crippen LogP contribution in [0.25, 0.3) is 11.1 Å². The molecule has 0 radical (unpaired) electrons. The Bertz CT molecular complexity index is 735. The predicted molar refractivity (Wildman–Crippen MR) is 88.4 cm³/mol. The quantitative estimate of drug-likeness (QED) is 0.598. The first-order valence-corrected chi connectivity index (χ1v) is 9.55. The van der Waals surface area contributed by atoms with Gasteiger partial charge in [0, 0.05) is 6.07 Å². The predicted octanol–water partition coefficient (Wildman–Crippen LogP) is 3.37. The molecule has 0 unspecified atom stereocenters. The van der Waals surface area contributed by atoms with E-state index < -0.39 is 10.0 Å². The summed E-state index contributed by atoms with van der Waals surface area (Å²) >= 11 is 0. The van der Waals surface area contributed by atoms with Crippen LogP contribution in [0.1, 0.15) is 45.4 Å². The first-order chi connectivity index (χ1) is 10.5. The van der Waals surface area contributed by atoms with Gasteiger partial charge in [-0.1, -0.05) is 26.2 Å². The van der Waals surface area contributed by atoms with Crippen LogP contribution >= 0.6 is 0 Å². The number of nitrogens with one attached hydrogen (secondary N) is 1. The Labute approximate surface area is 132 Å². The molecule has 0 saturated heterocycles. The van der Waals surface area contributed by atoms with Crippen molar-refractivity contribution in [1.82, 2.24) is 0 Å². The van der Waals surface area contributed by atoms with Crippen molar-refractivity contribution < 1.29 is 17.4 Å². The summed E-state index contributed by atoms with van der Waals surface area (Å²) < 4.78 is 34.6. The number of hydrogen-bond donors (Lipinski definition) is 1. The van der Waals surface area contributed by atoms with E-state index in [0.29, 0.717) is 12.1 Å². The molecular weight excluding hydrogens is 300 g/mol. The summed E-state index contributed by atoms with van der Waals surface area (Å²) in [5, 5.41) is 0. The van der Waals surface area contributed by atoms with E-state index in [4.69, 9.17) is 4.42 Å². The van der Waals surface area contributed by atoms with Gasteiger partial charge in [-0.2, -0.15) is 4.57 Å². The fourth-order valence-electron chi connectivity index (χ4n) is 2.60. The van der Waals surface area contributed by atoms with E-state index in [2.05, 4.69) is 11.6 Å². The molecule has 0 amide bonds. The molecule has 0 aliphatic heterocycles. The van der Waals surface area contributed by atoms with Crippen molar-refractivity contribution in [2.45, 2.75) is 53.0 Å². The van der Waals surface area contributed by atoms with Gasteiger partial charge in [-0.05, 0) is 25.5 Å². The van der Waals surface area contributed by atoms with Gasteiger partial charge in [0.25, 0.3) is 5.52 Å². The maximum atomic E-state index is 12.1. The standard InChI is InChI=1S/C16H25N2O3S/c1-4-6-7-8-11-22(19,20)17-14-9-10-16-15(12-14)18(5-2)13(3)21-16/h9-10,12,17H,4-8,11H2,1-3H3/q+1. The average molecular weight is 325 g/mol. The highest BCUT2D eigenvalue weighted by molar-refractivity contribution is 7.92. The van der Waals surface area contributed by atoms with Crippen LogP contribution < -0.4 is 9.29 Å². The molecule has 0 atom stereocenters. The lowest BCUT2D eigenvalue weighted by Gasteiger charge is -2.07. The summed E-state index contributed by atoms with van der Waals surface area (Å²) in [4.78, 5) is 0. The lowest BCUT2D eigenvalue weighted by Crippen LogP contribution is -2.33. The third-order valence-corrected chi connectivity index (χ3v) is 5.12. The van der Waals surface area contributed by atoms with Gasteiger partial charge in [-0.15, -0.1) is 0 Å². The highest BCUT2D eigenvalue weighted by Crippen LogP contribution is 2.20. The maximum Gasteiger partial charge on any atom is 0.344 e. The van der Waals surface area contributed by atoms with E-state index in [-0.39, 0.29) is 5.75 Å². The zero-order valence-electron chi connectivity index (χ0n) is 13.6. The van der Waals surface area contributed by atoms with Crippen molar-refractivity contribution >= 4 is 26.8 Å². The number of hydrogen-bond acceptors (Lipinski definition) is 3. The van der Waals surface area contributed by atoms with Crippen molar-refractivity contribution in [2.24, 2.45) is 0 Å². The second-order valence-electron chi connectivity index (χ2n) is 5.53. The second-order valence-corrected chi connectivity index (χ2v) is 7.37. The Morgan fingerprint density at radius 2 is 1.95 bits per heavy atom. The molecule has 0 aliphatic carbocycles. The number of aromatic nitrogens is 1. The van der Waals surface area contributed by atoms with E-state index in [9.17, 15) is 8.42 Å². The Kier molecular flexibility index (Phi) is 5.45. The van der Waals surface area contributed by atoms with Gasteiger partial charge in [0.1, 0.15) is 6.54 Å². The highest BCUT2D eigenvalue weighted by Gasteiger charge is 2.19. The first-order valence-electron chi connectivity index (χ1n) is 7.90. The summed E-state index contributed by atoms with van der Waals surface area (Å²) in [7, 11) is -3.29. The monoisotopic (exact) mass is 325 g/mol. The van der Waals surface area contributed by atoms with Crippen LogP contribution in [0.15, 0.2) is 22.6 Å². The number of aryl methyl sites for hydroxylation is 2. The largest absolute Gasteiger partial charge is 0.402 e. The molecule has 5 nitrogen and oxygen atoms in total. The SMILES string of the molecule is CCCCCCS(=O)(=O)Nc1ccc2oc(C)[n+](CC)c2c1. The lowest BCUT2D eigenvalue weighted by molar-refractivity contribution is -0.679. The number of nitrogens with zero attached hydrogens (tertiary/aromatic N) is 1. The van der Waals surface area contributed by atoms with Gasteiger partial charge < -0.3 is 4.42 Å². The van der Waals surface area contributed by atoms with Crippen molar-refractivity contribution in [2.75, 3.05) is 10.5 Å². The smallest absolute Gasteiger partial charge is 0.344 e. The number of rotatable bonds is 8. The van der Waals surface area contributed by atoms with Crippen molar-refractivity contribution in [1.29, 1.82) is 0 Å². The van der Waals surface area contributed by atoms with Crippen LogP contribution in [0.2, 0.25) is 0 Å². The fraction of sp³-hybridized carbons (Fsp3) is 0.562. The second kappa shape index (κ2) is 7.13. The maximum absolute atomic E-state index is 12.1. The molecule has 0 bridgehead atoms. The number of anilines is 1. The Morgan fingerprint density at radius 3 is 2.64 bits per heavy atom. The molecule has 0 spiro atoms. The van der Waals surface area contributed by atoms with E-state index >= 15 is 0 Å². The van der Waals surface area contributed by atoms with Gasteiger partial charge in [0.15, 0.2) is 0 Å². The molecule has 0 fully saturated rings. The molecule has 1 heterocycles. The normalized spacial score (nSPS) is 12.0. The molecule has 2 rings (SSSR count). The molecule has 1 N–H and O–H groups in total. The number of sulfonamides is 1. The third kappa shape index (κ3) is 4.00. The van der Waals surface area contributed by atoms with Gasteiger partial charge in [0.05, 0.1) is 18.4 Å². The molecule has 1 aromatic heterocycles. The zero-order valence-corrected chi connectivity index (χ0v) is 14.4. The lowest BCUT2D eigenvalue weighted by atomic mass is 10.2. The van der Waals surface area contributed by atoms with Crippen LogP contribution in [0.3, 0.4) is 0 Å². The van der Waals surface area contributed by atoms with Crippen LogP contribution in [-0.4, -0.2) is 14.2 Å². The van der Waals surface area contributed by atoms with E-state index in [1.807, 2.05) is 30.5 Å².